The SMILES string of the molecule is CC(C)(C)c1ccc(N2B3c4cc(C(C)(C)C)ccc4-n4c5ccc6c7ccccc7oc6c5c5ccc(c3c54)-c3cc4c(cc32)-c2ccc(C(C)(C)C)cc2C4(C)C)cc1. The molecule has 9 aromatic rings. The topological polar surface area (TPSA) is 21.3 Å². The summed E-state index contributed by atoms with van der Waals surface area (Å²) in [4.78, 5) is 2.70. The lowest BCUT2D eigenvalue weighted by atomic mass is 9.43. The number of nitrogens with zero attached hydrogens (tertiary/aromatic N) is 2. The molecule has 0 amide bonds. The van der Waals surface area contributed by atoms with E-state index in [4.69, 9.17) is 4.42 Å². The quantitative estimate of drug-likeness (QED) is 0.154. The van der Waals surface area contributed by atoms with Gasteiger partial charge < -0.3 is 13.8 Å². The molecule has 7 aromatic carbocycles. The van der Waals surface area contributed by atoms with Gasteiger partial charge in [0.2, 0.25) is 0 Å². The molecular weight excluding hydrogens is 739 g/mol. The average Bonchev–Trinajstić information content (AvgIpc) is 3.84. The van der Waals surface area contributed by atoms with Crippen molar-refractivity contribution in [3.8, 4) is 27.9 Å². The standard InChI is InChI=1S/C57H53BN2O/c1-54(2,3)32-16-20-35(21-17-32)60-48-31-41-36-22-18-33(55(4,5)6)28-43(36)57(10,11)44(41)30-42(48)38-23-24-40-50-47(27-25-39-37-14-12-13-15-49(37)61-53(39)50)59-46-26-19-34(56(7,8)9)29-45(46)58(60)51(38)52(40)59/h12-31H,1-11H3. The zero-order chi connectivity index (χ0) is 42.3. The summed E-state index contributed by atoms with van der Waals surface area (Å²) < 4.78 is 9.41. The molecule has 0 N–H and O–H groups in total. The number of furan rings is 1. The van der Waals surface area contributed by atoms with Crippen molar-refractivity contribution in [2.24, 2.45) is 0 Å². The predicted molar refractivity (Wildman–Crippen MR) is 261 cm³/mol. The molecule has 0 unspecified atom stereocenters. The number of aromatic nitrogens is 1. The Balaban J connectivity index is 1.23. The monoisotopic (exact) mass is 792 g/mol. The Labute approximate surface area is 360 Å². The zero-order valence-electron chi connectivity index (χ0n) is 37.4. The number of para-hydroxylation sites is 1. The third kappa shape index (κ3) is 4.88. The second-order valence-corrected chi connectivity index (χ2v) is 21.8. The van der Waals surface area contributed by atoms with Crippen molar-refractivity contribution in [2.45, 2.75) is 97.8 Å². The fraction of sp³-hybridized carbons (Fsp3) is 0.263. The molecule has 4 heterocycles. The summed E-state index contributed by atoms with van der Waals surface area (Å²) in [7, 11) is 0. The van der Waals surface area contributed by atoms with Gasteiger partial charge >= 0.3 is 6.85 Å². The fourth-order valence-electron chi connectivity index (χ4n) is 11.2. The highest BCUT2D eigenvalue weighted by atomic mass is 16.3. The maximum atomic E-state index is 6.84. The van der Waals surface area contributed by atoms with Crippen LogP contribution in [0.1, 0.15) is 104 Å². The van der Waals surface area contributed by atoms with Crippen LogP contribution in [0, 0.1) is 0 Å². The molecule has 0 atom stereocenters. The highest BCUT2D eigenvalue weighted by molar-refractivity contribution is 6.93. The Bertz CT molecular complexity index is 3390. The van der Waals surface area contributed by atoms with E-state index in [9.17, 15) is 0 Å². The number of rotatable bonds is 1. The summed E-state index contributed by atoms with van der Waals surface area (Å²) in [6.07, 6.45) is 0. The lowest BCUT2D eigenvalue weighted by Crippen LogP contribution is -2.60. The van der Waals surface area contributed by atoms with Crippen molar-refractivity contribution >= 4 is 72.9 Å². The van der Waals surface area contributed by atoms with Crippen molar-refractivity contribution in [1.29, 1.82) is 0 Å². The van der Waals surface area contributed by atoms with Crippen LogP contribution < -0.4 is 15.7 Å². The molecule has 0 fully saturated rings. The molecule has 0 radical (unpaired) electrons. The van der Waals surface area contributed by atoms with E-state index in [-0.39, 0.29) is 28.5 Å². The number of benzene rings is 7. The second-order valence-electron chi connectivity index (χ2n) is 21.8. The maximum Gasteiger partial charge on any atom is 0.333 e. The van der Waals surface area contributed by atoms with Gasteiger partial charge in [-0.2, -0.15) is 0 Å². The van der Waals surface area contributed by atoms with E-state index in [1.807, 2.05) is 0 Å². The zero-order valence-corrected chi connectivity index (χ0v) is 37.4. The summed E-state index contributed by atoms with van der Waals surface area (Å²) in [5, 5.41) is 4.75. The van der Waals surface area contributed by atoms with Crippen LogP contribution in [0.25, 0.3) is 71.7 Å². The Morgan fingerprint density at radius 2 is 1.16 bits per heavy atom. The minimum atomic E-state index is -0.158. The largest absolute Gasteiger partial charge is 0.455 e. The molecule has 3 aliphatic rings. The van der Waals surface area contributed by atoms with Gasteiger partial charge in [0.15, 0.2) is 0 Å². The Morgan fingerprint density at radius 1 is 0.525 bits per heavy atom. The minimum Gasteiger partial charge on any atom is -0.455 e. The summed E-state index contributed by atoms with van der Waals surface area (Å²) in [5.41, 5.74) is 22.9. The van der Waals surface area contributed by atoms with Gasteiger partial charge in [0.25, 0.3) is 0 Å². The molecule has 2 aliphatic heterocycles. The highest BCUT2D eigenvalue weighted by Crippen LogP contribution is 2.55. The van der Waals surface area contributed by atoms with Gasteiger partial charge in [0.05, 0.1) is 16.4 Å². The van der Waals surface area contributed by atoms with Gasteiger partial charge in [0.1, 0.15) is 11.2 Å². The molecule has 12 rings (SSSR count). The highest BCUT2D eigenvalue weighted by Gasteiger charge is 2.46. The number of hydrogen-bond donors (Lipinski definition) is 0. The van der Waals surface area contributed by atoms with E-state index < -0.39 is 0 Å². The van der Waals surface area contributed by atoms with Crippen LogP contribution in [0.3, 0.4) is 0 Å². The summed E-state index contributed by atoms with van der Waals surface area (Å²) in [5.74, 6) is 0. The van der Waals surface area contributed by atoms with E-state index in [2.05, 4.69) is 207 Å². The molecule has 3 nitrogen and oxygen atoms in total. The van der Waals surface area contributed by atoms with Crippen molar-refractivity contribution in [3.63, 3.8) is 0 Å². The van der Waals surface area contributed by atoms with Crippen molar-refractivity contribution < 1.29 is 4.42 Å². The molecule has 300 valence electrons. The number of hydrogen-bond acceptors (Lipinski definition) is 2. The van der Waals surface area contributed by atoms with Gasteiger partial charge in [-0.1, -0.05) is 149 Å². The average molecular weight is 793 g/mol. The van der Waals surface area contributed by atoms with E-state index in [0.717, 1.165) is 21.9 Å². The lowest BCUT2D eigenvalue weighted by Gasteiger charge is -2.43. The van der Waals surface area contributed by atoms with Gasteiger partial charge in [0, 0.05) is 44.2 Å². The third-order valence-corrected chi connectivity index (χ3v) is 14.7. The molecule has 2 aromatic heterocycles. The molecule has 1 aliphatic carbocycles. The fourth-order valence-corrected chi connectivity index (χ4v) is 11.2. The summed E-state index contributed by atoms with van der Waals surface area (Å²) in [6.45, 7) is 25.7. The third-order valence-electron chi connectivity index (χ3n) is 14.7. The van der Waals surface area contributed by atoms with Gasteiger partial charge in [-0.3, -0.25) is 0 Å². The van der Waals surface area contributed by atoms with Crippen molar-refractivity contribution in [2.75, 3.05) is 4.81 Å². The van der Waals surface area contributed by atoms with Crippen molar-refractivity contribution in [3.05, 3.63) is 149 Å². The van der Waals surface area contributed by atoms with E-state index in [1.165, 1.54) is 99.9 Å². The Kier molecular flexibility index (Phi) is 7.05. The second kappa shape index (κ2) is 11.7. The first-order valence-corrected chi connectivity index (χ1v) is 22.2. The maximum absolute atomic E-state index is 6.84. The minimum absolute atomic E-state index is 0.0306. The number of fused-ring (bicyclic) bond motifs is 15. The number of anilines is 2. The van der Waals surface area contributed by atoms with E-state index in [1.54, 1.807) is 0 Å². The molecule has 0 saturated heterocycles. The van der Waals surface area contributed by atoms with Crippen LogP contribution in [-0.4, -0.2) is 11.4 Å². The van der Waals surface area contributed by atoms with E-state index >= 15 is 0 Å². The Morgan fingerprint density at radius 3 is 1.90 bits per heavy atom. The van der Waals surface area contributed by atoms with Crippen LogP contribution in [0.2, 0.25) is 0 Å². The van der Waals surface area contributed by atoms with Gasteiger partial charge in [-0.25, -0.2) is 0 Å². The van der Waals surface area contributed by atoms with E-state index in [0.29, 0.717) is 0 Å². The van der Waals surface area contributed by atoms with Crippen LogP contribution in [0.4, 0.5) is 11.4 Å². The lowest BCUT2D eigenvalue weighted by molar-refractivity contribution is 0.584. The first-order chi connectivity index (χ1) is 28.9. The normalized spacial score (nSPS) is 15.2. The van der Waals surface area contributed by atoms with Crippen LogP contribution in [0.5, 0.6) is 0 Å². The predicted octanol–water partition coefficient (Wildman–Crippen LogP) is 14.1. The molecule has 4 heteroatoms. The Hall–Kier alpha value is -6.00. The first-order valence-electron chi connectivity index (χ1n) is 22.2. The van der Waals surface area contributed by atoms with Crippen LogP contribution in [0.15, 0.2) is 126 Å². The smallest absolute Gasteiger partial charge is 0.333 e. The molecule has 61 heavy (non-hydrogen) atoms. The van der Waals surface area contributed by atoms with Gasteiger partial charge in [-0.05, 0) is 120 Å². The molecule has 0 bridgehead atoms. The van der Waals surface area contributed by atoms with Crippen LogP contribution in [-0.2, 0) is 21.7 Å². The summed E-state index contributed by atoms with van der Waals surface area (Å²) >= 11 is 0. The first kappa shape index (κ1) is 36.8. The van der Waals surface area contributed by atoms with Crippen molar-refractivity contribution in [1.82, 2.24) is 4.57 Å². The molecule has 0 saturated carbocycles. The van der Waals surface area contributed by atoms with Gasteiger partial charge in [-0.15, -0.1) is 0 Å². The molecule has 0 spiro atoms. The summed E-state index contributed by atoms with van der Waals surface area (Å²) in [6, 6.07) is 47.1. The van der Waals surface area contributed by atoms with Crippen LogP contribution >= 0.6 is 0 Å². The molecular formula is C57H53BN2O.